The van der Waals surface area contributed by atoms with E-state index in [1.165, 1.54) is 11.1 Å². The lowest BCUT2D eigenvalue weighted by atomic mass is 9.98. The molecule has 1 aromatic carbocycles. The maximum atomic E-state index is 12.1. The van der Waals surface area contributed by atoms with Gasteiger partial charge in [0.15, 0.2) is 0 Å². The highest BCUT2D eigenvalue weighted by Crippen LogP contribution is 2.29. The largest absolute Gasteiger partial charge is 0.488 e. The van der Waals surface area contributed by atoms with Gasteiger partial charge in [-0.1, -0.05) is 6.07 Å². The zero-order chi connectivity index (χ0) is 10.9. The zero-order valence-corrected chi connectivity index (χ0v) is 9.00. The van der Waals surface area contributed by atoms with Crippen molar-refractivity contribution in [1.82, 2.24) is 0 Å². The minimum absolute atomic E-state index is 0.737. The average molecular weight is 231 g/mol. The standard InChI is InChI=1S/C10H11BF3S/c12-11(13,14)7-15-10-5-4-8-2-1-3-9(8)6-10/h4-6H,1-3,7H2/q-1. The molecule has 0 amide bonds. The van der Waals surface area contributed by atoms with Crippen molar-refractivity contribution in [2.24, 2.45) is 0 Å². The van der Waals surface area contributed by atoms with Gasteiger partial charge in [-0.2, -0.15) is 11.8 Å². The summed E-state index contributed by atoms with van der Waals surface area (Å²) >= 11 is 0.896. The Balaban J connectivity index is 2.04. The van der Waals surface area contributed by atoms with Crippen LogP contribution < -0.4 is 0 Å². The van der Waals surface area contributed by atoms with Crippen molar-refractivity contribution in [3.8, 4) is 0 Å². The van der Waals surface area contributed by atoms with Crippen molar-refractivity contribution in [3.63, 3.8) is 0 Å². The molecule has 1 aliphatic rings. The molecule has 0 aromatic heterocycles. The van der Waals surface area contributed by atoms with E-state index in [0.717, 1.165) is 35.9 Å². The van der Waals surface area contributed by atoms with Gasteiger partial charge in [-0.3, -0.25) is 0 Å². The third kappa shape index (κ3) is 2.94. The number of fused-ring (bicyclic) bond motifs is 1. The predicted octanol–water partition coefficient (Wildman–Crippen LogP) is 3.65. The Morgan fingerprint density at radius 2 is 1.87 bits per heavy atom. The fourth-order valence-corrected chi connectivity index (χ4v) is 2.60. The van der Waals surface area contributed by atoms with Crippen molar-refractivity contribution in [3.05, 3.63) is 29.3 Å². The summed E-state index contributed by atoms with van der Waals surface area (Å²) in [6.07, 6.45) is 3.22. The molecule has 0 radical (unpaired) electrons. The lowest BCUT2D eigenvalue weighted by molar-refractivity contribution is 0.485. The third-order valence-corrected chi connectivity index (χ3v) is 3.64. The van der Waals surface area contributed by atoms with E-state index in [2.05, 4.69) is 0 Å². The summed E-state index contributed by atoms with van der Waals surface area (Å²) in [7, 11) is 0. The molecule has 0 aliphatic heterocycles. The molecule has 0 N–H and O–H groups in total. The normalized spacial score (nSPS) is 15.4. The number of halogens is 3. The second kappa shape index (κ2) is 4.12. The molecule has 15 heavy (non-hydrogen) atoms. The van der Waals surface area contributed by atoms with Gasteiger partial charge in [0, 0.05) is 4.90 Å². The van der Waals surface area contributed by atoms with Crippen molar-refractivity contribution < 1.29 is 12.9 Å². The Bertz CT molecular complexity index is 362. The lowest BCUT2D eigenvalue weighted by Gasteiger charge is -2.13. The highest BCUT2D eigenvalue weighted by molar-refractivity contribution is 8.00. The van der Waals surface area contributed by atoms with Gasteiger partial charge in [0.2, 0.25) is 0 Å². The Hall–Kier alpha value is -0.575. The SMILES string of the molecule is F[B-](F)(F)CSc1ccc2c(c1)CCC2. The van der Waals surface area contributed by atoms with Crippen LogP contribution in [0.1, 0.15) is 17.5 Å². The van der Waals surface area contributed by atoms with E-state index in [4.69, 9.17) is 0 Å². The first-order valence-electron chi connectivity index (χ1n) is 5.00. The molecular weight excluding hydrogens is 220 g/mol. The number of benzene rings is 1. The Morgan fingerprint density at radius 1 is 1.13 bits per heavy atom. The Morgan fingerprint density at radius 3 is 2.60 bits per heavy atom. The van der Waals surface area contributed by atoms with Gasteiger partial charge in [-0.25, -0.2) is 0 Å². The molecule has 5 heteroatoms. The molecule has 2 rings (SSSR count). The van der Waals surface area contributed by atoms with Gasteiger partial charge in [0.05, 0.1) is 0 Å². The summed E-state index contributed by atoms with van der Waals surface area (Å²) in [4.78, 5) is 0.745. The van der Waals surface area contributed by atoms with Crippen molar-refractivity contribution in [2.75, 3.05) is 5.65 Å². The van der Waals surface area contributed by atoms with Crippen LogP contribution in [-0.2, 0) is 12.8 Å². The van der Waals surface area contributed by atoms with E-state index in [9.17, 15) is 12.9 Å². The molecule has 1 aliphatic carbocycles. The molecule has 0 saturated heterocycles. The fourth-order valence-electron chi connectivity index (χ4n) is 1.83. The van der Waals surface area contributed by atoms with E-state index < -0.39 is 12.6 Å². The number of thioether (sulfide) groups is 1. The molecular formula is C10H11BF3S-. The van der Waals surface area contributed by atoms with Gasteiger partial charge < -0.3 is 12.9 Å². The zero-order valence-electron chi connectivity index (χ0n) is 8.18. The third-order valence-electron chi connectivity index (χ3n) is 2.51. The molecule has 0 nitrogen and oxygen atoms in total. The van der Waals surface area contributed by atoms with Crippen LogP contribution >= 0.6 is 11.8 Å². The number of rotatable bonds is 3. The van der Waals surface area contributed by atoms with Crippen LogP contribution in [0.3, 0.4) is 0 Å². The van der Waals surface area contributed by atoms with Gasteiger partial charge >= 0.3 is 6.98 Å². The number of hydrogen-bond donors (Lipinski definition) is 0. The smallest absolute Gasteiger partial charge is 0.448 e. The van der Waals surface area contributed by atoms with Crippen LogP contribution in [0.25, 0.3) is 0 Å². The molecule has 0 saturated carbocycles. The predicted molar refractivity (Wildman–Crippen MR) is 58.3 cm³/mol. The quantitative estimate of drug-likeness (QED) is 0.565. The second-order valence-electron chi connectivity index (χ2n) is 3.81. The molecule has 1 aromatic rings. The van der Waals surface area contributed by atoms with E-state index in [1.807, 2.05) is 12.1 Å². The van der Waals surface area contributed by atoms with Crippen LogP contribution in [0, 0.1) is 0 Å². The Labute approximate surface area is 91.3 Å². The first kappa shape index (κ1) is 10.9. The molecule has 0 unspecified atom stereocenters. The average Bonchev–Trinajstić information content (AvgIpc) is 2.60. The Kier molecular flexibility index (Phi) is 3.00. The topological polar surface area (TPSA) is 0 Å². The summed E-state index contributed by atoms with van der Waals surface area (Å²) in [6.45, 7) is -4.67. The fraction of sp³-hybridized carbons (Fsp3) is 0.400. The van der Waals surface area contributed by atoms with Crippen molar-refractivity contribution in [1.29, 1.82) is 0 Å². The van der Waals surface area contributed by atoms with E-state index in [-0.39, 0.29) is 0 Å². The van der Waals surface area contributed by atoms with Crippen molar-refractivity contribution in [2.45, 2.75) is 24.2 Å². The van der Waals surface area contributed by atoms with Gasteiger partial charge in [-0.05, 0) is 48.2 Å². The van der Waals surface area contributed by atoms with Gasteiger partial charge in [0.25, 0.3) is 0 Å². The van der Waals surface area contributed by atoms with Gasteiger partial charge in [0.1, 0.15) is 0 Å². The minimum atomic E-state index is -4.67. The monoisotopic (exact) mass is 231 g/mol. The number of aryl methyl sites for hydroxylation is 2. The summed E-state index contributed by atoms with van der Waals surface area (Å²) in [5, 5.41) is 0. The summed E-state index contributed by atoms with van der Waals surface area (Å²) in [6, 6.07) is 5.68. The highest BCUT2D eigenvalue weighted by atomic mass is 32.2. The molecule has 0 heterocycles. The maximum absolute atomic E-state index is 12.1. The van der Waals surface area contributed by atoms with E-state index >= 15 is 0 Å². The van der Waals surface area contributed by atoms with Crippen LogP contribution in [0.15, 0.2) is 23.1 Å². The first-order chi connectivity index (χ1) is 7.04. The van der Waals surface area contributed by atoms with E-state index in [1.54, 1.807) is 6.07 Å². The van der Waals surface area contributed by atoms with Crippen LogP contribution in [0.4, 0.5) is 12.9 Å². The molecule has 0 fully saturated rings. The van der Waals surface area contributed by atoms with Gasteiger partial charge in [-0.15, -0.1) is 0 Å². The van der Waals surface area contributed by atoms with E-state index in [0.29, 0.717) is 0 Å². The summed E-state index contributed by atoms with van der Waals surface area (Å²) in [5.74, 6) is 0. The molecule has 0 spiro atoms. The molecule has 0 atom stereocenters. The van der Waals surface area contributed by atoms with Crippen LogP contribution in [0.2, 0.25) is 0 Å². The van der Waals surface area contributed by atoms with Crippen LogP contribution in [0.5, 0.6) is 0 Å². The first-order valence-corrected chi connectivity index (χ1v) is 5.99. The minimum Gasteiger partial charge on any atom is -0.448 e. The maximum Gasteiger partial charge on any atom is 0.488 e. The highest BCUT2D eigenvalue weighted by Gasteiger charge is 2.23. The van der Waals surface area contributed by atoms with Crippen molar-refractivity contribution >= 4 is 18.7 Å². The molecule has 82 valence electrons. The summed E-state index contributed by atoms with van der Waals surface area (Å²) in [5.41, 5.74) is 1.80. The lowest BCUT2D eigenvalue weighted by Crippen LogP contribution is -2.18. The van der Waals surface area contributed by atoms with Crippen LogP contribution in [-0.4, -0.2) is 12.6 Å². The molecule has 0 bridgehead atoms. The number of hydrogen-bond acceptors (Lipinski definition) is 1. The second-order valence-corrected chi connectivity index (χ2v) is 4.90. The summed E-state index contributed by atoms with van der Waals surface area (Å²) < 4.78 is 36.2.